The highest BCUT2D eigenvalue weighted by Crippen LogP contribution is 2.29. The molecule has 0 saturated carbocycles. The lowest BCUT2D eigenvalue weighted by Crippen LogP contribution is -2.14. The number of hydrogen-bond donors (Lipinski definition) is 1. The highest BCUT2D eigenvalue weighted by Gasteiger charge is 2.26. The first-order valence-electron chi connectivity index (χ1n) is 3.28. The van der Waals surface area contributed by atoms with Crippen molar-refractivity contribution in [3.05, 3.63) is 11.1 Å². The first kappa shape index (κ1) is 6.72. The summed E-state index contributed by atoms with van der Waals surface area (Å²) in [5, 5.41) is 0.902. The van der Waals surface area contributed by atoms with Crippen molar-refractivity contribution in [3.8, 4) is 0 Å². The summed E-state index contributed by atoms with van der Waals surface area (Å²) < 4.78 is 0. The van der Waals surface area contributed by atoms with E-state index in [0.29, 0.717) is 4.91 Å². The van der Waals surface area contributed by atoms with E-state index in [0.717, 1.165) is 18.3 Å². The molecule has 2 N–H and O–H groups in total. The summed E-state index contributed by atoms with van der Waals surface area (Å²) in [4.78, 5) is 17.4. The van der Waals surface area contributed by atoms with Crippen LogP contribution in [0.3, 0.4) is 0 Å². The Morgan fingerprint density at radius 1 is 1.82 bits per heavy atom. The smallest absolute Gasteiger partial charge is 0.257 e. The van der Waals surface area contributed by atoms with Crippen LogP contribution in [-0.4, -0.2) is 29.1 Å². The molecule has 0 aromatic heterocycles. The molecule has 2 heterocycles. The topological polar surface area (TPSA) is 58.7 Å². The normalized spacial score (nSPS) is 21.3. The Labute approximate surface area is 68.1 Å². The first-order valence-corrected chi connectivity index (χ1v) is 4.09. The molecule has 0 fully saturated rings. The first-order chi connectivity index (χ1) is 5.27. The molecule has 11 heavy (non-hydrogen) atoms. The van der Waals surface area contributed by atoms with E-state index in [1.165, 1.54) is 11.8 Å². The standard InChI is InChI=1S/C6H7N3OS/c7-5(10)4-3-9-2-1-8-6(9)11-4/h3H,1-2H2,(H2,7,10). The highest BCUT2D eigenvalue weighted by atomic mass is 32.2. The average Bonchev–Trinajstić information content (AvgIpc) is 2.40. The molecule has 0 aromatic rings. The summed E-state index contributed by atoms with van der Waals surface area (Å²) in [6.07, 6.45) is 1.76. The van der Waals surface area contributed by atoms with E-state index in [9.17, 15) is 4.79 Å². The number of carbonyl (C=O) groups excluding carboxylic acids is 1. The molecule has 2 aliphatic rings. The Kier molecular flexibility index (Phi) is 1.38. The third-order valence-corrected chi connectivity index (χ3v) is 2.62. The van der Waals surface area contributed by atoms with Crippen LogP contribution >= 0.6 is 11.8 Å². The lowest BCUT2D eigenvalue weighted by Gasteiger charge is -2.04. The second-order valence-corrected chi connectivity index (χ2v) is 3.33. The highest BCUT2D eigenvalue weighted by molar-refractivity contribution is 8.18. The van der Waals surface area contributed by atoms with Crippen molar-refractivity contribution in [2.24, 2.45) is 10.7 Å². The molecule has 2 rings (SSSR count). The Bertz CT molecular complexity index is 271. The van der Waals surface area contributed by atoms with Gasteiger partial charge < -0.3 is 10.6 Å². The number of amides is 1. The van der Waals surface area contributed by atoms with Crippen molar-refractivity contribution in [3.63, 3.8) is 0 Å². The van der Waals surface area contributed by atoms with E-state index >= 15 is 0 Å². The van der Waals surface area contributed by atoms with Gasteiger partial charge in [-0.15, -0.1) is 0 Å². The number of carbonyl (C=O) groups is 1. The summed E-state index contributed by atoms with van der Waals surface area (Å²) in [6.45, 7) is 1.70. The third-order valence-electron chi connectivity index (χ3n) is 1.55. The number of primary amides is 1. The van der Waals surface area contributed by atoms with E-state index < -0.39 is 0 Å². The van der Waals surface area contributed by atoms with Crippen LogP contribution in [-0.2, 0) is 4.79 Å². The van der Waals surface area contributed by atoms with Gasteiger partial charge in [0.2, 0.25) is 0 Å². The van der Waals surface area contributed by atoms with Crippen molar-refractivity contribution >= 4 is 22.8 Å². The number of fused-ring (bicyclic) bond motifs is 1. The van der Waals surface area contributed by atoms with Crippen molar-refractivity contribution < 1.29 is 4.79 Å². The van der Waals surface area contributed by atoms with Crippen molar-refractivity contribution in [1.82, 2.24) is 4.90 Å². The minimum Gasteiger partial charge on any atom is -0.365 e. The molecule has 5 heteroatoms. The summed E-state index contributed by atoms with van der Waals surface area (Å²) in [5.74, 6) is -0.368. The maximum atomic E-state index is 10.7. The second kappa shape index (κ2) is 2.27. The average molecular weight is 169 g/mol. The largest absolute Gasteiger partial charge is 0.365 e. The summed E-state index contributed by atoms with van der Waals surface area (Å²) in [6, 6.07) is 0. The summed E-state index contributed by atoms with van der Waals surface area (Å²) >= 11 is 1.35. The van der Waals surface area contributed by atoms with Gasteiger partial charge in [0, 0.05) is 12.7 Å². The van der Waals surface area contributed by atoms with Crippen LogP contribution in [0.25, 0.3) is 0 Å². The molecule has 0 radical (unpaired) electrons. The van der Waals surface area contributed by atoms with E-state index in [2.05, 4.69) is 4.99 Å². The fourth-order valence-electron chi connectivity index (χ4n) is 1.03. The van der Waals surface area contributed by atoms with E-state index in [-0.39, 0.29) is 5.91 Å². The van der Waals surface area contributed by atoms with Crippen LogP contribution in [0.15, 0.2) is 16.1 Å². The van der Waals surface area contributed by atoms with Gasteiger partial charge in [-0.25, -0.2) is 0 Å². The van der Waals surface area contributed by atoms with Crippen molar-refractivity contribution in [2.45, 2.75) is 0 Å². The number of nitrogens with zero attached hydrogens (tertiary/aromatic N) is 2. The number of nitrogens with two attached hydrogens (primary N) is 1. The van der Waals surface area contributed by atoms with Crippen LogP contribution in [0.1, 0.15) is 0 Å². The lowest BCUT2D eigenvalue weighted by molar-refractivity contribution is -0.113. The van der Waals surface area contributed by atoms with Gasteiger partial charge in [0.15, 0.2) is 5.17 Å². The van der Waals surface area contributed by atoms with E-state index in [1.807, 2.05) is 4.90 Å². The Morgan fingerprint density at radius 2 is 2.64 bits per heavy atom. The van der Waals surface area contributed by atoms with Crippen LogP contribution in [0.4, 0.5) is 0 Å². The van der Waals surface area contributed by atoms with Gasteiger partial charge in [-0.1, -0.05) is 0 Å². The van der Waals surface area contributed by atoms with Crippen molar-refractivity contribution in [1.29, 1.82) is 0 Å². The molecular weight excluding hydrogens is 162 g/mol. The minimum absolute atomic E-state index is 0.368. The quantitative estimate of drug-likeness (QED) is 0.588. The minimum atomic E-state index is -0.368. The second-order valence-electron chi connectivity index (χ2n) is 2.32. The monoisotopic (exact) mass is 169 g/mol. The van der Waals surface area contributed by atoms with Crippen LogP contribution in [0.2, 0.25) is 0 Å². The molecule has 0 spiro atoms. The third kappa shape index (κ3) is 1.01. The van der Waals surface area contributed by atoms with Gasteiger partial charge >= 0.3 is 0 Å². The predicted octanol–water partition coefficient (Wildman–Crippen LogP) is -0.269. The lowest BCUT2D eigenvalue weighted by atomic mass is 10.5. The molecule has 0 unspecified atom stereocenters. The number of amidine groups is 1. The molecule has 2 aliphatic heterocycles. The van der Waals surface area contributed by atoms with Gasteiger partial charge in [0.1, 0.15) is 0 Å². The zero-order valence-electron chi connectivity index (χ0n) is 5.78. The molecule has 0 saturated heterocycles. The molecular formula is C6H7N3OS. The molecule has 0 atom stereocenters. The molecule has 0 bridgehead atoms. The van der Waals surface area contributed by atoms with Gasteiger partial charge in [-0.2, -0.15) is 0 Å². The van der Waals surface area contributed by atoms with Gasteiger partial charge in [0.25, 0.3) is 5.91 Å². The van der Waals surface area contributed by atoms with E-state index in [4.69, 9.17) is 5.73 Å². The van der Waals surface area contributed by atoms with Gasteiger partial charge in [-0.3, -0.25) is 9.79 Å². The predicted molar refractivity (Wildman–Crippen MR) is 43.9 cm³/mol. The number of rotatable bonds is 1. The summed E-state index contributed by atoms with van der Waals surface area (Å²) in [7, 11) is 0. The van der Waals surface area contributed by atoms with Crippen molar-refractivity contribution in [2.75, 3.05) is 13.1 Å². The fourth-order valence-corrected chi connectivity index (χ4v) is 1.92. The maximum absolute atomic E-state index is 10.7. The van der Waals surface area contributed by atoms with Gasteiger partial charge in [-0.05, 0) is 11.8 Å². The Balaban J connectivity index is 2.21. The fraction of sp³-hybridized carbons (Fsp3) is 0.333. The molecule has 0 aliphatic carbocycles. The maximum Gasteiger partial charge on any atom is 0.257 e. The van der Waals surface area contributed by atoms with Crippen LogP contribution in [0.5, 0.6) is 0 Å². The number of hydrogen-bond acceptors (Lipinski definition) is 4. The molecule has 58 valence electrons. The molecule has 0 aromatic carbocycles. The van der Waals surface area contributed by atoms with E-state index in [1.54, 1.807) is 6.20 Å². The zero-order valence-corrected chi connectivity index (χ0v) is 6.60. The summed E-state index contributed by atoms with van der Waals surface area (Å²) in [5.41, 5.74) is 5.09. The zero-order chi connectivity index (χ0) is 7.84. The van der Waals surface area contributed by atoms with Crippen LogP contribution in [0, 0.1) is 0 Å². The Morgan fingerprint density at radius 3 is 3.27 bits per heavy atom. The number of thioether (sulfide) groups is 1. The molecule has 1 amide bonds. The SMILES string of the molecule is NC(=O)C1=CN2CCN=C2S1. The van der Waals surface area contributed by atoms with Crippen LogP contribution < -0.4 is 5.73 Å². The molecule has 4 nitrogen and oxygen atoms in total. The van der Waals surface area contributed by atoms with Gasteiger partial charge in [0.05, 0.1) is 11.4 Å². The number of aliphatic imine (C=N–C) groups is 1. The Hall–Kier alpha value is -0.970.